The topological polar surface area (TPSA) is 59.0 Å². The van der Waals surface area contributed by atoms with Crippen molar-refractivity contribution in [3.63, 3.8) is 0 Å². The Morgan fingerprint density at radius 2 is 2.10 bits per heavy atom. The van der Waals surface area contributed by atoms with Crippen LogP contribution in [0.2, 0.25) is 0 Å². The smallest absolute Gasteiger partial charge is 0.317 e. The summed E-state index contributed by atoms with van der Waals surface area (Å²) in [6.07, 6.45) is 1.80. The van der Waals surface area contributed by atoms with Gasteiger partial charge in [-0.3, -0.25) is 9.69 Å². The average molecular weight is 293 g/mol. The molecule has 1 aliphatic rings. The van der Waals surface area contributed by atoms with Gasteiger partial charge < -0.3 is 14.6 Å². The Kier molecular flexibility index (Phi) is 5.20. The molecule has 21 heavy (non-hydrogen) atoms. The van der Waals surface area contributed by atoms with Crippen molar-refractivity contribution in [1.82, 2.24) is 4.90 Å². The summed E-state index contributed by atoms with van der Waals surface area (Å²) in [6.45, 7) is 3.90. The maximum absolute atomic E-state index is 10.9. The van der Waals surface area contributed by atoms with E-state index in [4.69, 9.17) is 14.6 Å². The van der Waals surface area contributed by atoms with Crippen molar-refractivity contribution in [3.05, 3.63) is 29.8 Å². The van der Waals surface area contributed by atoms with Gasteiger partial charge in [0.25, 0.3) is 0 Å². The minimum absolute atomic E-state index is 0.0512. The minimum atomic E-state index is -0.804. The first-order valence-corrected chi connectivity index (χ1v) is 7.22. The van der Waals surface area contributed by atoms with E-state index in [-0.39, 0.29) is 6.54 Å². The summed E-state index contributed by atoms with van der Waals surface area (Å²) < 4.78 is 11.5. The van der Waals surface area contributed by atoms with Gasteiger partial charge >= 0.3 is 5.97 Å². The first-order chi connectivity index (χ1) is 10.0. The van der Waals surface area contributed by atoms with E-state index in [0.29, 0.717) is 13.2 Å². The van der Waals surface area contributed by atoms with Crippen LogP contribution in [0.5, 0.6) is 5.75 Å². The Bertz CT molecular complexity index is 474. The van der Waals surface area contributed by atoms with E-state index in [1.54, 1.807) is 7.11 Å². The van der Waals surface area contributed by atoms with Crippen LogP contribution >= 0.6 is 0 Å². The van der Waals surface area contributed by atoms with E-state index in [2.05, 4.69) is 0 Å². The number of carboxylic acids is 1. The summed E-state index contributed by atoms with van der Waals surface area (Å²) in [7, 11) is 1.67. The highest BCUT2D eigenvalue weighted by molar-refractivity contribution is 5.69. The molecule has 0 aromatic heterocycles. The quantitative estimate of drug-likeness (QED) is 0.868. The maximum Gasteiger partial charge on any atom is 0.317 e. The molecule has 1 aromatic carbocycles. The van der Waals surface area contributed by atoms with Crippen LogP contribution in [0, 0.1) is 6.92 Å². The van der Waals surface area contributed by atoms with Gasteiger partial charge in [-0.2, -0.15) is 0 Å². The van der Waals surface area contributed by atoms with E-state index < -0.39 is 11.6 Å². The number of hydrogen-bond acceptors (Lipinski definition) is 4. The van der Waals surface area contributed by atoms with E-state index in [1.807, 2.05) is 36.1 Å². The second kappa shape index (κ2) is 6.91. The Morgan fingerprint density at radius 1 is 1.38 bits per heavy atom. The van der Waals surface area contributed by atoms with Crippen LogP contribution in [-0.2, 0) is 9.53 Å². The number of methoxy groups -OCH3 is 1. The van der Waals surface area contributed by atoms with Crippen molar-refractivity contribution in [1.29, 1.82) is 0 Å². The Hall–Kier alpha value is -1.59. The number of likely N-dealkylation sites (tertiary alicyclic amines) is 1. The van der Waals surface area contributed by atoms with Crippen molar-refractivity contribution in [3.8, 4) is 5.75 Å². The molecule has 1 atom stereocenters. The molecule has 1 aliphatic heterocycles. The third kappa shape index (κ3) is 4.44. The molecule has 1 saturated heterocycles. The summed E-state index contributed by atoms with van der Waals surface area (Å²) in [5, 5.41) is 8.93. The van der Waals surface area contributed by atoms with Crippen molar-refractivity contribution < 1.29 is 19.4 Å². The number of nitrogens with zero attached hydrogens (tertiary/aromatic N) is 1. The lowest BCUT2D eigenvalue weighted by Gasteiger charge is -2.40. The van der Waals surface area contributed by atoms with E-state index >= 15 is 0 Å². The van der Waals surface area contributed by atoms with E-state index in [9.17, 15) is 4.79 Å². The van der Waals surface area contributed by atoms with Gasteiger partial charge in [-0.1, -0.05) is 17.7 Å². The normalized spacial score (nSPS) is 23.0. The standard InChI is InChI=1S/C16H23NO4/c1-13-4-6-14(7-5-13)21-12-16(20-2)8-3-9-17(11-16)10-15(18)19/h4-7H,3,8-12H2,1-2H3,(H,18,19)/t16-/m0/s1. The maximum atomic E-state index is 10.9. The first-order valence-electron chi connectivity index (χ1n) is 7.22. The summed E-state index contributed by atoms with van der Waals surface area (Å²) in [5.41, 5.74) is 0.757. The molecule has 0 saturated carbocycles. The number of aryl methyl sites for hydroxylation is 1. The average Bonchev–Trinajstić information content (AvgIpc) is 2.46. The van der Waals surface area contributed by atoms with Gasteiger partial charge in [0.1, 0.15) is 18.0 Å². The number of rotatable bonds is 6. The number of benzene rings is 1. The fraction of sp³-hybridized carbons (Fsp3) is 0.562. The molecular formula is C16H23NO4. The Balaban J connectivity index is 1.96. The lowest BCUT2D eigenvalue weighted by molar-refractivity contribution is -0.141. The van der Waals surface area contributed by atoms with Crippen LogP contribution in [0.15, 0.2) is 24.3 Å². The molecule has 0 spiro atoms. The van der Waals surface area contributed by atoms with Crippen LogP contribution in [0.3, 0.4) is 0 Å². The van der Waals surface area contributed by atoms with Gasteiger partial charge in [0.05, 0.1) is 6.54 Å². The van der Waals surface area contributed by atoms with Crippen LogP contribution in [-0.4, -0.2) is 54.9 Å². The number of carboxylic acid groups (broad SMARTS) is 1. The molecule has 0 aliphatic carbocycles. The molecule has 5 heteroatoms. The summed E-state index contributed by atoms with van der Waals surface area (Å²) in [5.74, 6) is 0.00809. The summed E-state index contributed by atoms with van der Waals surface area (Å²) >= 11 is 0. The van der Waals surface area contributed by atoms with Gasteiger partial charge in [-0.25, -0.2) is 0 Å². The third-order valence-electron chi connectivity index (χ3n) is 3.93. The molecule has 1 aromatic rings. The van der Waals surface area contributed by atoms with E-state index in [1.165, 1.54) is 5.56 Å². The highest BCUT2D eigenvalue weighted by atomic mass is 16.5. The predicted octanol–water partition coefficient (Wildman–Crippen LogP) is 1.94. The molecule has 116 valence electrons. The summed E-state index contributed by atoms with van der Waals surface area (Å²) in [6, 6.07) is 7.89. The highest BCUT2D eigenvalue weighted by Gasteiger charge is 2.37. The van der Waals surface area contributed by atoms with Gasteiger partial charge in [-0.15, -0.1) is 0 Å². The SMILES string of the molecule is CO[C@@]1(COc2ccc(C)cc2)CCCN(CC(=O)O)C1. The van der Waals surface area contributed by atoms with Gasteiger partial charge in [0.15, 0.2) is 0 Å². The highest BCUT2D eigenvalue weighted by Crippen LogP contribution is 2.26. The molecule has 2 rings (SSSR count). The van der Waals surface area contributed by atoms with Crippen LogP contribution in [0.1, 0.15) is 18.4 Å². The molecule has 0 amide bonds. The van der Waals surface area contributed by atoms with Gasteiger partial charge in [0, 0.05) is 13.7 Å². The molecule has 1 N–H and O–H groups in total. The Labute approximate surface area is 125 Å². The zero-order valence-corrected chi connectivity index (χ0v) is 12.7. The predicted molar refractivity (Wildman–Crippen MR) is 79.7 cm³/mol. The number of hydrogen-bond donors (Lipinski definition) is 1. The van der Waals surface area contributed by atoms with Crippen molar-refractivity contribution in [2.24, 2.45) is 0 Å². The molecule has 0 radical (unpaired) electrons. The zero-order chi connectivity index (χ0) is 15.3. The molecule has 1 heterocycles. The number of aliphatic carboxylic acids is 1. The second-order valence-electron chi connectivity index (χ2n) is 5.70. The van der Waals surface area contributed by atoms with Crippen molar-refractivity contribution in [2.75, 3.05) is 33.4 Å². The summed E-state index contributed by atoms with van der Waals surface area (Å²) in [4.78, 5) is 12.8. The first kappa shape index (κ1) is 15.8. The largest absolute Gasteiger partial charge is 0.491 e. The van der Waals surface area contributed by atoms with Crippen LogP contribution in [0.4, 0.5) is 0 Å². The molecule has 0 unspecified atom stereocenters. The molecule has 1 fully saturated rings. The fourth-order valence-corrected chi connectivity index (χ4v) is 2.71. The van der Waals surface area contributed by atoms with Gasteiger partial charge in [0.2, 0.25) is 0 Å². The second-order valence-corrected chi connectivity index (χ2v) is 5.70. The monoisotopic (exact) mass is 293 g/mol. The lowest BCUT2D eigenvalue weighted by atomic mass is 9.93. The molecular weight excluding hydrogens is 270 g/mol. The van der Waals surface area contributed by atoms with Crippen molar-refractivity contribution >= 4 is 5.97 Å². The minimum Gasteiger partial charge on any atom is -0.491 e. The van der Waals surface area contributed by atoms with Gasteiger partial charge in [-0.05, 0) is 38.4 Å². The number of ether oxygens (including phenoxy) is 2. The number of carbonyl (C=O) groups is 1. The Morgan fingerprint density at radius 3 is 2.71 bits per heavy atom. The van der Waals surface area contributed by atoms with Crippen molar-refractivity contribution in [2.45, 2.75) is 25.4 Å². The van der Waals surface area contributed by atoms with E-state index in [0.717, 1.165) is 25.1 Å². The fourth-order valence-electron chi connectivity index (χ4n) is 2.71. The third-order valence-corrected chi connectivity index (χ3v) is 3.93. The van der Waals surface area contributed by atoms with Crippen LogP contribution < -0.4 is 4.74 Å². The molecule has 0 bridgehead atoms. The molecule has 5 nitrogen and oxygen atoms in total. The van der Waals surface area contributed by atoms with Crippen LogP contribution in [0.25, 0.3) is 0 Å². The number of piperidine rings is 1. The lowest BCUT2D eigenvalue weighted by Crippen LogP contribution is -2.53. The zero-order valence-electron chi connectivity index (χ0n) is 12.7.